The van der Waals surface area contributed by atoms with Gasteiger partial charge < -0.3 is 4.74 Å². The molecule has 2 nitrogen and oxygen atoms in total. The van der Waals surface area contributed by atoms with Gasteiger partial charge in [-0.2, -0.15) is 0 Å². The molecule has 0 aromatic rings. The van der Waals surface area contributed by atoms with Crippen LogP contribution in [0.15, 0.2) is 11.6 Å². The lowest BCUT2D eigenvalue weighted by Gasteiger charge is -2.26. The van der Waals surface area contributed by atoms with E-state index in [1.165, 1.54) is 5.57 Å². The van der Waals surface area contributed by atoms with Crippen molar-refractivity contribution in [1.29, 1.82) is 0 Å². The van der Waals surface area contributed by atoms with Gasteiger partial charge in [-0.05, 0) is 13.8 Å². The Bertz CT molecular complexity index is 136. The summed E-state index contributed by atoms with van der Waals surface area (Å²) in [4.78, 5) is 2.43. The Morgan fingerprint density at radius 1 is 1.45 bits per heavy atom. The van der Waals surface area contributed by atoms with Crippen molar-refractivity contribution in [2.24, 2.45) is 0 Å². The summed E-state index contributed by atoms with van der Waals surface area (Å²) in [6, 6.07) is 0. The smallest absolute Gasteiger partial charge is 0.0594 e. The van der Waals surface area contributed by atoms with Crippen LogP contribution in [0.1, 0.15) is 13.8 Å². The Labute approximate surface area is 68.8 Å². The summed E-state index contributed by atoms with van der Waals surface area (Å²) in [6.07, 6.45) is 2.18. The molecule has 0 unspecified atom stereocenters. The van der Waals surface area contributed by atoms with E-state index in [0.29, 0.717) is 0 Å². The fourth-order valence-electron chi connectivity index (χ4n) is 1.20. The molecular weight excluding hydrogens is 138 g/mol. The summed E-state index contributed by atoms with van der Waals surface area (Å²) in [5.41, 5.74) is 1.45. The zero-order valence-electron chi connectivity index (χ0n) is 7.47. The van der Waals surface area contributed by atoms with Gasteiger partial charge in [-0.25, -0.2) is 0 Å². The normalized spacial score (nSPS) is 22.2. The largest absolute Gasteiger partial charge is 0.379 e. The van der Waals surface area contributed by atoms with Crippen LogP contribution >= 0.6 is 0 Å². The molecule has 0 N–H and O–H groups in total. The first-order valence-electron chi connectivity index (χ1n) is 4.25. The lowest BCUT2D eigenvalue weighted by molar-refractivity contribution is 0.0423. The first kappa shape index (κ1) is 8.75. The van der Waals surface area contributed by atoms with Crippen LogP contribution in [0.2, 0.25) is 0 Å². The van der Waals surface area contributed by atoms with Crippen LogP contribution < -0.4 is 0 Å². The number of ether oxygens (including phenoxy) is 1. The molecule has 1 fully saturated rings. The Hall–Kier alpha value is -0.340. The van der Waals surface area contributed by atoms with Crippen LogP contribution in [-0.2, 0) is 4.74 Å². The number of nitrogens with zero attached hydrogens (tertiary/aromatic N) is 1. The van der Waals surface area contributed by atoms with E-state index in [0.717, 1.165) is 32.8 Å². The Morgan fingerprint density at radius 2 is 2.09 bits per heavy atom. The molecule has 1 rings (SSSR count). The molecule has 1 aliphatic rings. The fourth-order valence-corrected chi connectivity index (χ4v) is 1.20. The molecule has 1 saturated heterocycles. The van der Waals surface area contributed by atoms with Gasteiger partial charge in [0.2, 0.25) is 0 Å². The van der Waals surface area contributed by atoms with Gasteiger partial charge in [-0.15, -0.1) is 0 Å². The van der Waals surface area contributed by atoms with Crippen molar-refractivity contribution in [1.82, 2.24) is 4.90 Å². The highest BCUT2D eigenvalue weighted by molar-refractivity contribution is 4.98. The summed E-state index contributed by atoms with van der Waals surface area (Å²) in [5.74, 6) is 0. The van der Waals surface area contributed by atoms with Crippen molar-refractivity contribution in [3.8, 4) is 0 Å². The van der Waals surface area contributed by atoms with Gasteiger partial charge in [0, 0.05) is 19.6 Å². The van der Waals surface area contributed by atoms with Crippen LogP contribution in [0, 0.1) is 0 Å². The highest BCUT2D eigenvalue weighted by atomic mass is 16.5. The van der Waals surface area contributed by atoms with Gasteiger partial charge in [0.05, 0.1) is 13.2 Å². The zero-order valence-corrected chi connectivity index (χ0v) is 7.47. The number of allylic oxidation sites excluding steroid dienone is 1. The van der Waals surface area contributed by atoms with Crippen LogP contribution in [0.25, 0.3) is 0 Å². The molecular formula is C9H17NO. The topological polar surface area (TPSA) is 12.5 Å². The number of morpholine rings is 1. The molecule has 2 heteroatoms. The third-order valence-corrected chi connectivity index (χ3v) is 2.07. The quantitative estimate of drug-likeness (QED) is 0.557. The van der Waals surface area contributed by atoms with E-state index in [1.54, 1.807) is 0 Å². The maximum atomic E-state index is 5.25. The Kier molecular flexibility index (Phi) is 3.60. The van der Waals surface area contributed by atoms with Crippen molar-refractivity contribution in [3.05, 3.63) is 11.6 Å². The number of rotatable bonds is 2. The summed E-state index contributed by atoms with van der Waals surface area (Å²) in [6.45, 7) is 9.36. The standard InChI is InChI=1S/C9H17NO/c1-3-9(2)8-10-4-6-11-7-5-10/h3H,4-8H2,1-2H3. The van der Waals surface area contributed by atoms with Crippen molar-refractivity contribution >= 4 is 0 Å². The first-order valence-corrected chi connectivity index (χ1v) is 4.25. The van der Waals surface area contributed by atoms with Crippen LogP contribution in [0.4, 0.5) is 0 Å². The lowest BCUT2D eigenvalue weighted by atomic mass is 10.2. The SMILES string of the molecule is CC=C(C)CN1CCOCC1. The fraction of sp³-hybridized carbons (Fsp3) is 0.778. The molecule has 0 bridgehead atoms. The molecule has 1 heterocycles. The molecule has 0 aromatic carbocycles. The van der Waals surface area contributed by atoms with Crippen LogP contribution in [-0.4, -0.2) is 37.7 Å². The number of hydrogen-bond donors (Lipinski definition) is 0. The van der Waals surface area contributed by atoms with E-state index in [9.17, 15) is 0 Å². The molecule has 0 radical (unpaired) electrons. The average Bonchev–Trinajstić information content (AvgIpc) is 2.06. The van der Waals surface area contributed by atoms with Gasteiger partial charge in [0.15, 0.2) is 0 Å². The van der Waals surface area contributed by atoms with Gasteiger partial charge in [0.25, 0.3) is 0 Å². The molecule has 1 aliphatic heterocycles. The Balaban J connectivity index is 2.24. The highest BCUT2D eigenvalue weighted by Crippen LogP contribution is 2.01. The summed E-state index contributed by atoms with van der Waals surface area (Å²) in [7, 11) is 0. The molecule has 0 atom stereocenters. The lowest BCUT2D eigenvalue weighted by Crippen LogP contribution is -2.37. The highest BCUT2D eigenvalue weighted by Gasteiger charge is 2.09. The van der Waals surface area contributed by atoms with Crippen molar-refractivity contribution in [2.45, 2.75) is 13.8 Å². The molecule has 0 saturated carbocycles. The van der Waals surface area contributed by atoms with Crippen molar-refractivity contribution in [2.75, 3.05) is 32.8 Å². The number of hydrogen-bond acceptors (Lipinski definition) is 2. The van der Waals surface area contributed by atoms with E-state index in [1.807, 2.05) is 0 Å². The van der Waals surface area contributed by atoms with E-state index in [2.05, 4.69) is 24.8 Å². The summed E-state index contributed by atoms with van der Waals surface area (Å²) in [5, 5.41) is 0. The second-order valence-electron chi connectivity index (χ2n) is 3.02. The maximum absolute atomic E-state index is 5.25. The summed E-state index contributed by atoms with van der Waals surface area (Å²) >= 11 is 0. The third-order valence-electron chi connectivity index (χ3n) is 2.07. The van der Waals surface area contributed by atoms with Crippen LogP contribution in [0.5, 0.6) is 0 Å². The van der Waals surface area contributed by atoms with Crippen molar-refractivity contribution in [3.63, 3.8) is 0 Å². The minimum Gasteiger partial charge on any atom is -0.379 e. The minimum atomic E-state index is 0.900. The molecule has 64 valence electrons. The van der Waals surface area contributed by atoms with Gasteiger partial charge >= 0.3 is 0 Å². The minimum absolute atomic E-state index is 0.900. The third kappa shape index (κ3) is 3.04. The Morgan fingerprint density at radius 3 is 2.64 bits per heavy atom. The van der Waals surface area contributed by atoms with Crippen molar-refractivity contribution < 1.29 is 4.74 Å². The molecule has 0 aliphatic carbocycles. The zero-order chi connectivity index (χ0) is 8.10. The molecule has 0 aromatic heterocycles. The predicted octanol–water partition coefficient (Wildman–Crippen LogP) is 1.28. The van der Waals surface area contributed by atoms with Gasteiger partial charge in [0.1, 0.15) is 0 Å². The molecule has 0 amide bonds. The van der Waals surface area contributed by atoms with E-state index >= 15 is 0 Å². The first-order chi connectivity index (χ1) is 5.33. The second-order valence-corrected chi connectivity index (χ2v) is 3.02. The molecule has 11 heavy (non-hydrogen) atoms. The van der Waals surface area contributed by atoms with E-state index in [4.69, 9.17) is 4.74 Å². The maximum Gasteiger partial charge on any atom is 0.0594 e. The average molecular weight is 155 g/mol. The summed E-state index contributed by atoms with van der Waals surface area (Å²) < 4.78 is 5.25. The van der Waals surface area contributed by atoms with E-state index < -0.39 is 0 Å². The van der Waals surface area contributed by atoms with Gasteiger partial charge in [-0.3, -0.25) is 4.90 Å². The predicted molar refractivity (Wildman–Crippen MR) is 46.7 cm³/mol. The second kappa shape index (κ2) is 4.52. The van der Waals surface area contributed by atoms with Crippen LogP contribution in [0.3, 0.4) is 0 Å². The van der Waals surface area contributed by atoms with Gasteiger partial charge in [-0.1, -0.05) is 11.6 Å². The molecule has 0 spiro atoms. The monoisotopic (exact) mass is 155 g/mol. The van der Waals surface area contributed by atoms with E-state index in [-0.39, 0.29) is 0 Å².